The molecule has 0 heterocycles. The van der Waals surface area contributed by atoms with Gasteiger partial charge in [-0.3, -0.25) is 4.79 Å². The third-order valence-corrected chi connectivity index (χ3v) is 1.96. The van der Waals surface area contributed by atoms with E-state index < -0.39 is 0 Å². The van der Waals surface area contributed by atoms with Crippen molar-refractivity contribution in [2.45, 2.75) is 25.8 Å². The standard InChI is InChI=1S/C8H16N2O2/c1-3-12-9-6-8(11)10(2)7-4-5-7/h7,9H,3-6H2,1-2H3. The van der Waals surface area contributed by atoms with Gasteiger partial charge in [-0.2, -0.15) is 5.48 Å². The van der Waals surface area contributed by atoms with Crippen molar-refractivity contribution in [3.05, 3.63) is 0 Å². The highest BCUT2D eigenvalue weighted by molar-refractivity contribution is 5.78. The summed E-state index contributed by atoms with van der Waals surface area (Å²) in [4.78, 5) is 17.9. The first-order valence-corrected chi connectivity index (χ1v) is 4.36. The molecule has 0 aromatic heterocycles. The molecule has 1 saturated carbocycles. The molecule has 0 bridgehead atoms. The Balaban J connectivity index is 2.09. The summed E-state index contributed by atoms with van der Waals surface area (Å²) in [7, 11) is 1.84. The Morgan fingerprint density at radius 3 is 2.83 bits per heavy atom. The normalized spacial score (nSPS) is 16.2. The van der Waals surface area contributed by atoms with Gasteiger partial charge in [-0.1, -0.05) is 0 Å². The summed E-state index contributed by atoms with van der Waals surface area (Å²) < 4.78 is 0. The van der Waals surface area contributed by atoms with E-state index in [0.29, 0.717) is 12.6 Å². The van der Waals surface area contributed by atoms with Crippen molar-refractivity contribution in [2.75, 3.05) is 20.2 Å². The highest BCUT2D eigenvalue weighted by Crippen LogP contribution is 2.24. The molecule has 0 radical (unpaired) electrons. The average molecular weight is 172 g/mol. The highest BCUT2D eigenvalue weighted by atomic mass is 16.6. The van der Waals surface area contributed by atoms with Gasteiger partial charge in [-0.25, -0.2) is 0 Å². The smallest absolute Gasteiger partial charge is 0.238 e. The number of carbonyl (C=O) groups excluding carboxylic acids is 1. The van der Waals surface area contributed by atoms with E-state index in [1.807, 2.05) is 14.0 Å². The molecule has 1 amide bonds. The molecular formula is C8H16N2O2. The van der Waals surface area contributed by atoms with E-state index in [4.69, 9.17) is 4.84 Å². The van der Waals surface area contributed by atoms with Gasteiger partial charge in [0.2, 0.25) is 5.91 Å². The topological polar surface area (TPSA) is 41.6 Å². The minimum Gasteiger partial charge on any atom is -0.342 e. The first kappa shape index (κ1) is 9.48. The van der Waals surface area contributed by atoms with Crippen LogP contribution in [0, 0.1) is 0 Å². The van der Waals surface area contributed by atoms with Crippen molar-refractivity contribution in [3.63, 3.8) is 0 Å². The average Bonchev–Trinajstić information content (AvgIpc) is 2.86. The van der Waals surface area contributed by atoms with Gasteiger partial charge in [0.25, 0.3) is 0 Å². The van der Waals surface area contributed by atoms with Crippen LogP contribution in [0.3, 0.4) is 0 Å². The van der Waals surface area contributed by atoms with Gasteiger partial charge >= 0.3 is 0 Å². The number of amides is 1. The van der Waals surface area contributed by atoms with Crippen LogP contribution in [0.2, 0.25) is 0 Å². The van der Waals surface area contributed by atoms with Gasteiger partial charge < -0.3 is 9.74 Å². The second-order valence-corrected chi connectivity index (χ2v) is 2.99. The summed E-state index contributed by atoms with van der Waals surface area (Å²) in [5.41, 5.74) is 2.61. The number of nitrogens with zero attached hydrogens (tertiary/aromatic N) is 1. The Morgan fingerprint density at radius 2 is 2.33 bits per heavy atom. The molecule has 0 aromatic rings. The summed E-state index contributed by atoms with van der Waals surface area (Å²) >= 11 is 0. The van der Waals surface area contributed by atoms with Crippen molar-refractivity contribution >= 4 is 5.91 Å². The summed E-state index contributed by atoms with van der Waals surface area (Å²) in [6.45, 7) is 2.74. The monoisotopic (exact) mass is 172 g/mol. The second kappa shape index (κ2) is 4.42. The Morgan fingerprint density at radius 1 is 1.67 bits per heavy atom. The van der Waals surface area contributed by atoms with E-state index in [1.54, 1.807) is 4.90 Å². The van der Waals surface area contributed by atoms with E-state index >= 15 is 0 Å². The summed E-state index contributed by atoms with van der Waals surface area (Å²) in [6.07, 6.45) is 2.30. The van der Waals surface area contributed by atoms with Crippen molar-refractivity contribution in [3.8, 4) is 0 Å². The maximum absolute atomic E-state index is 11.3. The van der Waals surface area contributed by atoms with E-state index in [0.717, 1.165) is 12.8 Å². The molecule has 0 unspecified atom stereocenters. The molecule has 4 nitrogen and oxygen atoms in total. The van der Waals surface area contributed by atoms with E-state index in [1.165, 1.54) is 0 Å². The fraction of sp³-hybridized carbons (Fsp3) is 0.875. The molecule has 0 aromatic carbocycles. The van der Waals surface area contributed by atoms with Gasteiger partial charge in [-0.05, 0) is 19.8 Å². The van der Waals surface area contributed by atoms with E-state index in [2.05, 4.69) is 5.48 Å². The van der Waals surface area contributed by atoms with Crippen LogP contribution in [-0.4, -0.2) is 37.0 Å². The molecule has 1 rings (SSSR count). The number of hydrogen-bond acceptors (Lipinski definition) is 3. The third kappa shape index (κ3) is 2.79. The molecule has 1 fully saturated rings. The molecule has 1 N–H and O–H groups in total. The van der Waals surface area contributed by atoms with Crippen molar-refractivity contribution in [1.82, 2.24) is 10.4 Å². The van der Waals surface area contributed by atoms with Crippen molar-refractivity contribution < 1.29 is 9.63 Å². The molecule has 0 saturated heterocycles. The Hall–Kier alpha value is -0.610. The molecule has 12 heavy (non-hydrogen) atoms. The summed E-state index contributed by atoms with van der Waals surface area (Å²) in [5.74, 6) is 0.103. The lowest BCUT2D eigenvalue weighted by atomic mass is 10.5. The molecule has 1 aliphatic rings. The number of likely N-dealkylation sites (N-methyl/N-ethyl adjacent to an activating group) is 1. The number of hydroxylamine groups is 1. The zero-order valence-electron chi connectivity index (χ0n) is 7.67. The van der Waals surface area contributed by atoms with Crippen LogP contribution >= 0.6 is 0 Å². The lowest BCUT2D eigenvalue weighted by molar-refractivity contribution is -0.132. The van der Waals surface area contributed by atoms with Crippen molar-refractivity contribution in [1.29, 1.82) is 0 Å². The van der Waals surface area contributed by atoms with E-state index in [9.17, 15) is 4.79 Å². The first-order valence-electron chi connectivity index (χ1n) is 4.36. The predicted octanol–water partition coefficient (Wildman–Crippen LogP) is 0.148. The Bertz CT molecular complexity index is 157. The van der Waals surface area contributed by atoms with Gasteiger partial charge in [0.05, 0.1) is 6.61 Å². The predicted molar refractivity (Wildman–Crippen MR) is 45.4 cm³/mol. The Labute approximate surface area is 72.8 Å². The van der Waals surface area contributed by atoms with E-state index in [-0.39, 0.29) is 12.5 Å². The maximum Gasteiger partial charge on any atom is 0.238 e. The number of nitrogens with one attached hydrogen (secondary N) is 1. The maximum atomic E-state index is 11.3. The van der Waals surface area contributed by atoms with Crippen LogP contribution in [0.15, 0.2) is 0 Å². The van der Waals surface area contributed by atoms with Crippen LogP contribution in [0.4, 0.5) is 0 Å². The van der Waals surface area contributed by atoms with Crippen LogP contribution in [0.5, 0.6) is 0 Å². The van der Waals surface area contributed by atoms with Crippen LogP contribution in [-0.2, 0) is 9.63 Å². The fourth-order valence-corrected chi connectivity index (χ4v) is 1.01. The number of rotatable bonds is 5. The number of hydrogen-bond donors (Lipinski definition) is 1. The SMILES string of the molecule is CCONCC(=O)N(C)C1CC1. The van der Waals surface area contributed by atoms with Gasteiger partial charge in [-0.15, -0.1) is 0 Å². The zero-order valence-corrected chi connectivity index (χ0v) is 7.67. The van der Waals surface area contributed by atoms with Gasteiger partial charge in [0, 0.05) is 13.1 Å². The van der Waals surface area contributed by atoms with Gasteiger partial charge in [0.1, 0.15) is 6.54 Å². The molecule has 0 spiro atoms. The van der Waals surface area contributed by atoms with Crippen LogP contribution in [0.1, 0.15) is 19.8 Å². The summed E-state index contributed by atoms with van der Waals surface area (Å²) in [6, 6.07) is 0.487. The molecule has 70 valence electrons. The zero-order chi connectivity index (χ0) is 8.97. The minimum atomic E-state index is 0.103. The number of carbonyl (C=O) groups is 1. The first-order chi connectivity index (χ1) is 5.75. The van der Waals surface area contributed by atoms with Crippen LogP contribution < -0.4 is 5.48 Å². The lowest BCUT2D eigenvalue weighted by Gasteiger charge is -2.15. The quantitative estimate of drug-likeness (QED) is 0.474. The Kier molecular flexibility index (Phi) is 3.49. The summed E-state index contributed by atoms with van der Waals surface area (Å²) in [5, 5.41) is 0. The largest absolute Gasteiger partial charge is 0.342 e. The second-order valence-electron chi connectivity index (χ2n) is 2.99. The molecule has 0 aliphatic heterocycles. The van der Waals surface area contributed by atoms with Crippen LogP contribution in [0.25, 0.3) is 0 Å². The minimum absolute atomic E-state index is 0.103. The van der Waals surface area contributed by atoms with Gasteiger partial charge in [0.15, 0.2) is 0 Å². The lowest BCUT2D eigenvalue weighted by Crippen LogP contribution is -2.36. The molecule has 1 aliphatic carbocycles. The molecular weight excluding hydrogens is 156 g/mol. The van der Waals surface area contributed by atoms with Crippen molar-refractivity contribution in [2.24, 2.45) is 0 Å². The molecule has 4 heteroatoms. The fourth-order valence-electron chi connectivity index (χ4n) is 1.01. The highest BCUT2D eigenvalue weighted by Gasteiger charge is 2.28. The third-order valence-electron chi connectivity index (χ3n) is 1.96. The molecule has 0 atom stereocenters.